The van der Waals surface area contributed by atoms with E-state index in [0.717, 1.165) is 6.04 Å². The fourth-order valence-corrected chi connectivity index (χ4v) is 1.05. The standard InChI is InChI=1S/C7H13N/c1-8(2)7-5-3-4-6-7/h3,5,7H,4,6H2,1-2H3. The molecule has 1 atom stereocenters. The highest BCUT2D eigenvalue weighted by molar-refractivity contribution is 5.00. The quantitative estimate of drug-likeness (QED) is 0.460. The van der Waals surface area contributed by atoms with E-state index in [0.29, 0.717) is 0 Å². The molecule has 8 heavy (non-hydrogen) atoms. The molecular weight excluding hydrogens is 98.1 g/mol. The average molecular weight is 111 g/mol. The van der Waals surface area contributed by atoms with Crippen molar-refractivity contribution in [3.05, 3.63) is 12.2 Å². The molecule has 0 N–H and O–H groups in total. The molecule has 1 rings (SSSR count). The Balaban J connectivity index is 2.36. The molecule has 0 saturated heterocycles. The van der Waals surface area contributed by atoms with Crippen LogP contribution in [0.1, 0.15) is 12.8 Å². The first-order chi connectivity index (χ1) is 3.80. The van der Waals surface area contributed by atoms with Gasteiger partial charge in [0.2, 0.25) is 0 Å². The molecule has 0 heterocycles. The summed E-state index contributed by atoms with van der Waals surface area (Å²) < 4.78 is 0. The normalized spacial score (nSPS) is 27.6. The number of hydrogen-bond acceptors (Lipinski definition) is 1. The molecule has 1 unspecified atom stereocenters. The molecule has 46 valence electrons. The summed E-state index contributed by atoms with van der Waals surface area (Å²) in [6.07, 6.45) is 7.11. The lowest BCUT2D eigenvalue weighted by Gasteiger charge is -2.15. The molecule has 0 aromatic carbocycles. The SMILES string of the molecule is CN(C)C1C=CCC1. The largest absolute Gasteiger partial charge is 0.303 e. The zero-order chi connectivity index (χ0) is 5.98. The molecular formula is C7H13N. The molecule has 0 aromatic rings. The minimum absolute atomic E-state index is 0.718. The van der Waals surface area contributed by atoms with Gasteiger partial charge < -0.3 is 4.90 Å². The van der Waals surface area contributed by atoms with Gasteiger partial charge in [-0.2, -0.15) is 0 Å². The Morgan fingerprint density at radius 1 is 1.50 bits per heavy atom. The third-order valence-corrected chi connectivity index (χ3v) is 1.65. The van der Waals surface area contributed by atoms with Crippen LogP contribution < -0.4 is 0 Å². The van der Waals surface area contributed by atoms with E-state index in [-0.39, 0.29) is 0 Å². The van der Waals surface area contributed by atoms with Gasteiger partial charge in [0.05, 0.1) is 0 Å². The van der Waals surface area contributed by atoms with Gasteiger partial charge in [0.1, 0.15) is 0 Å². The number of nitrogens with zero attached hydrogens (tertiary/aromatic N) is 1. The molecule has 1 heteroatoms. The third-order valence-electron chi connectivity index (χ3n) is 1.65. The highest BCUT2D eigenvalue weighted by Crippen LogP contribution is 2.12. The monoisotopic (exact) mass is 111 g/mol. The predicted molar refractivity (Wildman–Crippen MR) is 35.8 cm³/mol. The summed E-state index contributed by atoms with van der Waals surface area (Å²) in [5.74, 6) is 0. The van der Waals surface area contributed by atoms with Gasteiger partial charge in [-0.25, -0.2) is 0 Å². The molecule has 0 saturated carbocycles. The minimum Gasteiger partial charge on any atom is -0.303 e. The first-order valence-electron chi connectivity index (χ1n) is 3.14. The Labute approximate surface area is 51.0 Å². The Bertz CT molecular complexity index is 94.6. The van der Waals surface area contributed by atoms with Crippen molar-refractivity contribution in [2.45, 2.75) is 18.9 Å². The minimum atomic E-state index is 0.718. The molecule has 0 aliphatic heterocycles. The summed E-state index contributed by atoms with van der Waals surface area (Å²) in [7, 11) is 4.25. The van der Waals surface area contributed by atoms with Gasteiger partial charge in [0.15, 0.2) is 0 Å². The Hall–Kier alpha value is -0.300. The van der Waals surface area contributed by atoms with E-state index in [9.17, 15) is 0 Å². The summed E-state index contributed by atoms with van der Waals surface area (Å²) in [6, 6.07) is 0.718. The van der Waals surface area contributed by atoms with E-state index < -0.39 is 0 Å². The Morgan fingerprint density at radius 3 is 2.50 bits per heavy atom. The summed E-state index contributed by atoms with van der Waals surface area (Å²) in [5.41, 5.74) is 0. The van der Waals surface area contributed by atoms with E-state index in [1.54, 1.807) is 0 Å². The van der Waals surface area contributed by atoms with Crippen LogP contribution in [0.15, 0.2) is 12.2 Å². The molecule has 0 aromatic heterocycles. The van der Waals surface area contributed by atoms with Gasteiger partial charge in [-0.15, -0.1) is 0 Å². The average Bonchev–Trinajstić information content (AvgIpc) is 2.12. The van der Waals surface area contributed by atoms with Crippen LogP contribution in [0.2, 0.25) is 0 Å². The fourth-order valence-electron chi connectivity index (χ4n) is 1.05. The van der Waals surface area contributed by atoms with E-state index in [4.69, 9.17) is 0 Å². The Kier molecular flexibility index (Phi) is 1.69. The fraction of sp³-hybridized carbons (Fsp3) is 0.714. The highest BCUT2D eigenvalue weighted by atomic mass is 15.1. The van der Waals surface area contributed by atoms with Crippen molar-refractivity contribution in [3.63, 3.8) is 0 Å². The van der Waals surface area contributed by atoms with Gasteiger partial charge in [-0.05, 0) is 26.9 Å². The van der Waals surface area contributed by atoms with Crippen molar-refractivity contribution < 1.29 is 0 Å². The summed E-state index contributed by atoms with van der Waals surface area (Å²) in [4.78, 5) is 2.25. The molecule has 1 aliphatic carbocycles. The molecule has 1 aliphatic rings. The van der Waals surface area contributed by atoms with Gasteiger partial charge in [0, 0.05) is 6.04 Å². The second-order valence-corrected chi connectivity index (χ2v) is 2.54. The van der Waals surface area contributed by atoms with E-state index in [1.165, 1.54) is 12.8 Å². The van der Waals surface area contributed by atoms with Crippen molar-refractivity contribution in [2.75, 3.05) is 14.1 Å². The predicted octanol–water partition coefficient (Wildman–Crippen LogP) is 1.27. The zero-order valence-electron chi connectivity index (χ0n) is 5.59. The number of hydrogen-bond donors (Lipinski definition) is 0. The van der Waals surface area contributed by atoms with Gasteiger partial charge in [0.25, 0.3) is 0 Å². The van der Waals surface area contributed by atoms with Crippen LogP contribution in [0.4, 0.5) is 0 Å². The van der Waals surface area contributed by atoms with Crippen LogP contribution in [0.5, 0.6) is 0 Å². The first-order valence-corrected chi connectivity index (χ1v) is 3.14. The lowest BCUT2D eigenvalue weighted by atomic mass is 10.2. The van der Waals surface area contributed by atoms with Crippen molar-refractivity contribution in [2.24, 2.45) is 0 Å². The topological polar surface area (TPSA) is 3.24 Å². The maximum absolute atomic E-state index is 2.28. The number of likely N-dealkylation sites (N-methyl/N-ethyl adjacent to an activating group) is 1. The van der Waals surface area contributed by atoms with Crippen LogP contribution in [0.25, 0.3) is 0 Å². The van der Waals surface area contributed by atoms with Gasteiger partial charge in [-0.3, -0.25) is 0 Å². The third kappa shape index (κ3) is 1.10. The lowest BCUT2D eigenvalue weighted by molar-refractivity contribution is 0.340. The second-order valence-electron chi connectivity index (χ2n) is 2.54. The molecule has 0 spiro atoms. The van der Waals surface area contributed by atoms with Crippen LogP contribution in [0.3, 0.4) is 0 Å². The number of rotatable bonds is 1. The van der Waals surface area contributed by atoms with Crippen molar-refractivity contribution in [3.8, 4) is 0 Å². The maximum Gasteiger partial charge on any atom is 0.0275 e. The smallest absolute Gasteiger partial charge is 0.0275 e. The summed E-state index contributed by atoms with van der Waals surface area (Å²) >= 11 is 0. The second kappa shape index (κ2) is 2.31. The summed E-state index contributed by atoms with van der Waals surface area (Å²) in [5, 5.41) is 0. The van der Waals surface area contributed by atoms with Crippen LogP contribution >= 0.6 is 0 Å². The van der Waals surface area contributed by atoms with Crippen molar-refractivity contribution >= 4 is 0 Å². The Morgan fingerprint density at radius 2 is 2.25 bits per heavy atom. The molecule has 1 nitrogen and oxygen atoms in total. The van der Waals surface area contributed by atoms with Crippen LogP contribution in [0, 0.1) is 0 Å². The zero-order valence-corrected chi connectivity index (χ0v) is 5.59. The maximum atomic E-state index is 2.28. The summed E-state index contributed by atoms with van der Waals surface area (Å²) in [6.45, 7) is 0. The molecule has 0 radical (unpaired) electrons. The van der Waals surface area contributed by atoms with E-state index in [1.807, 2.05) is 0 Å². The van der Waals surface area contributed by atoms with Gasteiger partial charge >= 0.3 is 0 Å². The van der Waals surface area contributed by atoms with E-state index in [2.05, 4.69) is 31.1 Å². The van der Waals surface area contributed by atoms with Crippen molar-refractivity contribution in [1.82, 2.24) is 4.90 Å². The first kappa shape index (κ1) is 5.83. The van der Waals surface area contributed by atoms with E-state index >= 15 is 0 Å². The highest BCUT2D eigenvalue weighted by Gasteiger charge is 2.09. The van der Waals surface area contributed by atoms with Crippen LogP contribution in [-0.4, -0.2) is 25.0 Å². The molecule has 0 bridgehead atoms. The molecule has 0 amide bonds. The van der Waals surface area contributed by atoms with Crippen LogP contribution in [-0.2, 0) is 0 Å². The van der Waals surface area contributed by atoms with Gasteiger partial charge in [-0.1, -0.05) is 12.2 Å². The number of allylic oxidation sites excluding steroid dienone is 1. The lowest BCUT2D eigenvalue weighted by Crippen LogP contribution is -2.23. The molecule has 0 fully saturated rings. The van der Waals surface area contributed by atoms with Crippen molar-refractivity contribution in [1.29, 1.82) is 0 Å².